The molecule has 5 nitrogen and oxygen atoms in total. The summed E-state index contributed by atoms with van der Waals surface area (Å²) in [5, 5.41) is 8.96. The molecule has 1 aromatic carbocycles. The molecule has 1 aromatic rings. The van der Waals surface area contributed by atoms with Crippen LogP contribution in [0.5, 0.6) is 0 Å². The van der Waals surface area contributed by atoms with Crippen molar-refractivity contribution in [3.8, 4) is 0 Å². The highest BCUT2D eigenvalue weighted by Gasteiger charge is 2.26. The van der Waals surface area contributed by atoms with Gasteiger partial charge in [0.15, 0.2) is 5.82 Å². The Balaban J connectivity index is 3.30. The van der Waals surface area contributed by atoms with Crippen LogP contribution in [0.1, 0.15) is 13.3 Å². The molecule has 4 N–H and O–H groups in total. The van der Waals surface area contributed by atoms with Crippen molar-refractivity contribution in [2.24, 2.45) is 0 Å². The molecule has 0 spiro atoms. The van der Waals surface area contributed by atoms with Gasteiger partial charge in [0, 0.05) is 6.04 Å². The average Bonchev–Trinajstić information content (AvgIpc) is 2.37. The summed E-state index contributed by atoms with van der Waals surface area (Å²) >= 11 is 8.72. The predicted octanol–water partition coefficient (Wildman–Crippen LogP) is 1.87. The number of aliphatic hydroxyl groups is 1. The molecule has 108 valence electrons. The summed E-state index contributed by atoms with van der Waals surface area (Å²) < 4.78 is 40.2. The fourth-order valence-corrected chi connectivity index (χ4v) is 3.32. The second kappa shape index (κ2) is 6.36. The van der Waals surface area contributed by atoms with Gasteiger partial charge in [-0.3, -0.25) is 0 Å². The highest BCUT2D eigenvalue weighted by atomic mass is 79.9. The van der Waals surface area contributed by atoms with Gasteiger partial charge in [0.1, 0.15) is 4.90 Å². The molecule has 0 saturated heterocycles. The molecular weight excluding hydrogens is 363 g/mol. The van der Waals surface area contributed by atoms with Crippen molar-refractivity contribution in [2.75, 3.05) is 12.3 Å². The predicted molar refractivity (Wildman–Crippen MR) is 75.0 cm³/mol. The molecular formula is C10H13BrClFN2O3S. The normalized spacial score (nSPS) is 13.5. The fraction of sp³-hybridized carbons (Fsp3) is 0.400. The smallest absolute Gasteiger partial charge is 0.243 e. The number of hydrogen-bond donors (Lipinski definition) is 3. The molecule has 0 radical (unpaired) electrons. The van der Waals surface area contributed by atoms with E-state index in [0.717, 1.165) is 6.07 Å². The largest absolute Gasteiger partial charge is 0.395 e. The molecule has 0 aliphatic heterocycles. The van der Waals surface area contributed by atoms with E-state index in [1.807, 2.05) is 0 Å². The van der Waals surface area contributed by atoms with Crippen LogP contribution in [0.15, 0.2) is 15.4 Å². The van der Waals surface area contributed by atoms with Crippen molar-refractivity contribution in [3.63, 3.8) is 0 Å². The van der Waals surface area contributed by atoms with Gasteiger partial charge in [-0.15, -0.1) is 0 Å². The Labute approximate surface area is 124 Å². The number of nitrogens with two attached hydrogens (primary N) is 1. The summed E-state index contributed by atoms with van der Waals surface area (Å²) in [4.78, 5) is -0.648. The first kappa shape index (κ1) is 16.6. The van der Waals surface area contributed by atoms with Crippen molar-refractivity contribution >= 4 is 43.2 Å². The highest BCUT2D eigenvalue weighted by molar-refractivity contribution is 9.10. The Hall–Kier alpha value is -0.410. The van der Waals surface area contributed by atoms with Crippen molar-refractivity contribution in [2.45, 2.75) is 24.3 Å². The average molecular weight is 376 g/mol. The number of anilines is 1. The van der Waals surface area contributed by atoms with E-state index in [-0.39, 0.29) is 15.2 Å². The number of halogens is 3. The number of hydrogen-bond acceptors (Lipinski definition) is 4. The second-order valence-electron chi connectivity index (χ2n) is 3.81. The minimum atomic E-state index is -4.15. The Morgan fingerprint density at radius 3 is 2.68 bits per heavy atom. The number of benzene rings is 1. The van der Waals surface area contributed by atoms with Gasteiger partial charge in [0.25, 0.3) is 0 Å². The zero-order valence-corrected chi connectivity index (χ0v) is 13.1. The van der Waals surface area contributed by atoms with Crippen molar-refractivity contribution in [1.82, 2.24) is 4.72 Å². The summed E-state index contributed by atoms with van der Waals surface area (Å²) in [5.74, 6) is -1.09. The summed E-state index contributed by atoms with van der Waals surface area (Å²) in [6.07, 6.45) is 0.358. The van der Waals surface area contributed by atoms with Crippen LogP contribution in [0.3, 0.4) is 0 Å². The maximum absolute atomic E-state index is 13.9. The van der Waals surface area contributed by atoms with Gasteiger partial charge in [-0.1, -0.05) is 18.5 Å². The highest BCUT2D eigenvalue weighted by Crippen LogP contribution is 2.34. The lowest BCUT2D eigenvalue weighted by molar-refractivity contribution is 0.253. The maximum atomic E-state index is 13.9. The summed E-state index contributed by atoms with van der Waals surface area (Å²) in [5.41, 5.74) is 5.04. The maximum Gasteiger partial charge on any atom is 0.243 e. The molecule has 0 amide bonds. The van der Waals surface area contributed by atoms with E-state index >= 15 is 0 Å². The molecule has 1 rings (SSSR count). The Morgan fingerprint density at radius 1 is 1.63 bits per heavy atom. The van der Waals surface area contributed by atoms with Crippen molar-refractivity contribution in [1.29, 1.82) is 0 Å². The lowest BCUT2D eigenvalue weighted by Crippen LogP contribution is -2.37. The van der Waals surface area contributed by atoms with E-state index in [0.29, 0.717) is 6.42 Å². The summed E-state index contributed by atoms with van der Waals surface area (Å²) in [6, 6.07) is 0.261. The molecule has 0 fully saturated rings. The number of nitrogens with one attached hydrogen (secondary N) is 1. The lowest BCUT2D eigenvalue weighted by Gasteiger charge is -2.16. The minimum absolute atomic E-state index is 0.0173. The standard InChI is InChI=1S/C10H13BrClFN2O3S/c1-2-5(4-16)15-19(17,18)7-3-6(12)8(11)10(14)9(7)13/h3,5,15-16H,2,4,14H2,1H3/t5-/m1/s1. The summed E-state index contributed by atoms with van der Waals surface area (Å²) in [6.45, 7) is 1.29. The zero-order chi connectivity index (χ0) is 14.8. The van der Waals surface area contributed by atoms with Gasteiger partial charge in [-0.2, -0.15) is 0 Å². The van der Waals surface area contributed by atoms with E-state index < -0.39 is 33.4 Å². The quantitative estimate of drug-likeness (QED) is 0.541. The van der Waals surface area contributed by atoms with E-state index in [4.69, 9.17) is 22.4 Å². The SMILES string of the molecule is CC[C@H](CO)NS(=O)(=O)c1cc(Cl)c(Br)c(N)c1F. The molecule has 0 aliphatic carbocycles. The molecule has 0 saturated carbocycles. The fourth-order valence-electron chi connectivity index (χ4n) is 1.33. The van der Waals surface area contributed by atoms with Crippen molar-refractivity contribution < 1.29 is 17.9 Å². The van der Waals surface area contributed by atoms with Crippen molar-refractivity contribution in [3.05, 3.63) is 21.4 Å². The third-order valence-electron chi connectivity index (χ3n) is 2.48. The van der Waals surface area contributed by atoms with Gasteiger partial charge in [0.05, 0.1) is 21.8 Å². The molecule has 0 aromatic heterocycles. The first-order chi connectivity index (χ1) is 8.74. The minimum Gasteiger partial charge on any atom is -0.395 e. The molecule has 0 heterocycles. The number of nitrogen functional groups attached to an aromatic ring is 1. The third-order valence-corrected chi connectivity index (χ3v) is 5.38. The Kier molecular flexibility index (Phi) is 5.57. The molecule has 1 atom stereocenters. The molecule has 0 aliphatic rings. The first-order valence-corrected chi connectivity index (χ1v) is 7.96. The zero-order valence-electron chi connectivity index (χ0n) is 9.95. The van der Waals surface area contributed by atoms with Crippen LogP contribution in [0.4, 0.5) is 10.1 Å². The van der Waals surface area contributed by atoms with E-state index in [1.54, 1.807) is 6.92 Å². The van der Waals surface area contributed by atoms with Crippen LogP contribution >= 0.6 is 27.5 Å². The first-order valence-electron chi connectivity index (χ1n) is 5.30. The summed E-state index contributed by atoms with van der Waals surface area (Å²) in [7, 11) is -4.15. The topological polar surface area (TPSA) is 92.4 Å². The van der Waals surface area contributed by atoms with Crippen LogP contribution in [0.2, 0.25) is 5.02 Å². The van der Waals surface area contributed by atoms with Gasteiger partial charge in [0.2, 0.25) is 10.0 Å². The monoisotopic (exact) mass is 374 g/mol. The van der Waals surface area contributed by atoms with E-state index in [9.17, 15) is 12.8 Å². The molecule has 19 heavy (non-hydrogen) atoms. The lowest BCUT2D eigenvalue weighted by atomic mass is 10.3. The van der Waals surface area contributed by atoms with Crippen LogP contribution in [-0.4, -0.2) is 26.2 Å². The molecule has 0 bridgehead atoms. The Bertz CT molecular complexity index is 579. The molecule has 0 unspecified atom stereocenters. The van der Waals surface area contributed by atoms with Gasteiger partial charge in [-0.25, -0.2) is 17.5 Å². The third kappa shape index (κ3) is 3.57. The second-order valence-corrected chi connectivity index (χ2v) is 6.69. The van der Waals surface area contributed by atoms with E-state index in [1.165, 1.54) is 0 Å². The van der Waals surface area contributed by atoms with Crippen LogP contribution < -0.4 is 10.5 Å². The number of rotatable bonds is 5. The van der Waals surface area contributed by atoms with Gasteiger partial charge in [-0.05, 0) is 28.4 Å². The number of aliphatic hydroxyl groups excluding tert-OH is 1. The number of sulfonamides is 1. The van der Waals surface area contributed by atoms with Crippen LogP contribution in [0, 0.1) is 5.82 Å². The van der Waals surface area contributed by atoms with Gasteiger partial charge >= 0.3 is 0 Å². The Morgan fingerprint density at radius 2 is 2.21 bits per heavy atom. The van der Waals surface area contributed by atoms with Gasteiger partial charge < -0.3 is 10.8 Å². The van der Waals surface area contributed by atoms with Crippen LogP contribution in [-0.2, 0) is 10.0 Å². The van der Waals surface area contributed by atoms with E-state index in [2.05, 4.69) is 20.7 Å². The molecule has 9 heteroatoms. The van der Waals surface area contributed by atoms with Crippen LogP contribution in [0.25, 0.3) is 0 Å².